The summed E-state index contributed by atoms with van der Waals surface area (Å²) in [6.07, 6.45) is 0.490. The van der Waals surface area contributed by atoms with Crippen LogP contribution < -0.4 is 20.1 Å². The van der Waals surface area contributed by atoms with Crippen LogP contribution in [0.1, 0.15) is 20.3 Å². The van der Waals surface area contributed by atoms with Crippen molar-refractivity contribution in [2.75, 3.05) is 13.2 Å². The van der Waals surface area contributed by atoms with Gasteiger partial charge in [0.15, 0.2) is 13.2 Å². The average molecular weight is 484 g/mol. The van der Waals surface area contributed by atoms with Gasteiger partial charge in [-0.3, -0.25) is 9.59 Å². The molecule has 2 amide bonds. The lowest BCUT2D eigenvalue weighted by Gasteiger charge is -2.42. The highest BCUT2D eigenvalue weighted by molar-refractivity contribution is 6.42. The van der Waals surface area contributed by atoms with Gasteiger partial charge in [-0.05, 0) is 55.8 Å². The first-order chi connectivity index (χ1) is 14.7. The summed E-state index contributed by atoms with van der Waals surface area (Å²) < 4.78 is 10.9. The first-order valence-electron chi connectivity index (χ1n) is 9.43. The molecule has 31 heavy (non-hydrogen) atoms. The fourth-order valence-electron chi connectivity index (χ4n) is 3.06. The molecule has 2 aromatic carbocycles. The lowest BCUT2D eigenvalue weighted by molar-refractivity contribution is -0.124. The van der Waals surface area contributed by atoms with Crippen LogP contribution in [0.2, 0.25) is 15.1 Å². The van der Waals surface area contributed by atoms with Crippen molar-refractivity contribution in [1.29, 1.82) is 0 Å². The summed E-state index contributed by atoms with van der Waals surface area (Å²) in [4.78, 5) is 24.5. The maximum absolute atomic E-state index is 12.3. The molecule has 1 aliphatic carbocycles. The van der Waals surface area contributed by atoms with Crippen LogP contribution in [0.3, 0.4) is 0 Å². The number of amides is 2. The Morgan fingerprint density at radius 2 is 1.55 bits per heavy atom. The van der Waals surface area contributed by atoms with E-state index in [0.717, 1.165) is 11.3 Å². The summed E-state index contributed by atoms with van der Waals surface area (Å²) in [7, 11) is 0. The predicted molar refractivity (Wildman–Crippen MR) is 121 cm³/mol. The number of benzene rings is 2. The van der Waals surface area contributed by atoms with E-state index in [-0.39, 0.29) is 25.0 Å². The highest BCUT2D eigenvalue weighted by atomic mass is 35.5. The van der Waals surface area contributed by atoms with E-state index < -0.39 is 5.54 Å². The summed E-state index contributed by atoms with van der Waals surface area (Å²) in [6.45, 7) is 3.45. The third-order valence-electron chi connectivity index (χ3n) is 4.96. The third-order valence-corrected chi connectivity index (χ3v) is 5.95. The Bertz CT molecular complexity index is 1020. The van der Waals surface area contributed by atoms with Crippen molar-refractivity contribution in [2.24, 2.45) is 0 Å². The van der Waals surface area contributed by atoms with Gasteiger partial charge in [0, 0.05) is 23.2 Å². The van der Waals surface area contributed by atoms with Gasteiger partial charge in [0.1, 0.15) is 11.5 Å². The largest absolute Gasteiger partial charge is 0.484 e. The fourth-order valence-corrected chi connectivity index (χ4v) is 3.48. The van der Waals surface area contributed by atoms with E-state index in [1.807, 2.05) is 13.8 Å². The second-order valence-corrected chi connectivity index (χ2v) is 8.57. The van der Waals surface area contributed by atoms with Gasteiger partial charge in [-0.15, -0.1) is 0 Å². The van der Waals surface area contributed by atoms with Crippen LogP contribution in [0.5, 0.6) is 11.5 Å². The van der Waals surface area contributed by atoms with E-state index in [2.05, 4.69) is 10.6 Å². The van der Waals surface area contributed by atoms with E-state index in [4.69, 9.17) is 44.3 Å². The molecule has 3 rings (SSSR count). The molecule has 1 atom stereocenters. The van der Waals surface area contributed by atoms with Gasteiger partial charge in [0.05, 0.1) is 15.6 Å². The zero-order chi connectivity index (χ0) is 22.6. The van der Waals surface area contributed by atoms with Gasteiger partial charge in [0.2, 0.25) is 0 Å². The number of rotatable bonds is 8. The third kappa shape index (κ3) is 6.06. The van der Waals surface area contributed by atoms with E-state index in [0.29, 0.717) is 33.0 Å². The Kier molecular flexibility index (Phi) is 7.36. The van der Waals surface area contributed by atoms with E-state index in [1.165, 1.54) is 0 Å². The first-order valence-corrected chi connectivity index (χ1v) is 10.6. The summed E-state index contributed by atoms with van der Waals surface area (Å²) in [5.74, 6) is 0.437. The van der Waals surface area contributed by atoms with Crippen molar-refractivity contribution < 1.29 is 19.1 Å². The van der Waals surface area contributed by atoms with Crippen molar-refractivity contribution in [2.45, 2.75) is 25.8 Å². The number of carbonyl (C=O) groups excluding carboxylic acids is 2. The molecule has 2 N–H and O–H groups in total. The summed E-state index contributed by atoms with van der Waals surface area (Å²) >= 11 is 17.6. The molecule has 0 aromatic heterocycles. The maximum Gasteiger partial charge on any atom is 0.262 e. The Morgan fingerprint density at radius 3 is 2.19 bits per heavy atom. The maximum atomic E-state index is 12.3. The molecule has 6 nitrogen and oxygen atoms in total. The minimum atomic E-state index is -0.558. The van der Waals surface area contributed by atoms with E-state index in [9.17, 15) is 9.59 Å². The van der Waals surface area contributed by atoms with Crippen LogP contribution in [0.25, 0.3) is 0 Å². The smallest absolute Gasteiger partial charge is 0.262 e. The molecule has 0 radical (unpaired) electrons. The van der Waals surface area contributed by atoms with Gasteiger partial charge >= 0.3 is 0 Å². The van der Waals surface area contributed by atoms with Crippen LogP contribution in [0, 0.1) is 0 Å². The SMILES string of the molecule is CC1=C(NC(=O)COc2ccc(Cl)cc2)CC1(C)NC(=O)COc1ccc(Cl)c(Cl)c1. The van der Waals surface area contributed by atoms with Crippen LogP contribution >= 0.6 is 34.8 Å². The second kappa shape index (κ2) is 9.81. The van der Waals surface area contributed by atoms with Crippen molar-refractivity contribution in [1.82, 2.24) is 10.6 Å². The topological polar surface area (TPSA) is 76.7 Å². The molecule has 0 saturated carbocycles. The molecule has 164 valence electrons. The zero-order valence-electron chi connectivity index (χ0n) is 16.9. The minimum absolute atomic E-state index is 0.126. The molecular weight excluding hydrogens is 463 g/mol. The lowest BCUT2D eigenvalue weighted by atomic mass is 9.75. The Labute approximate surface area is 195 Å². The molecule has 0 bridgehead atoms. The van der Waals surface area contributed by atoms with Gasteiger partial charge in [-0.2, -0.15) is 0 Å². The number of hydrogen-bond donors (Lipinski definition) is 2. The van der Waals surface area contributed by atoms with E-state index in [1.54, 1.807) is 42.5 Å². The molecular formula is C22H21Cl3N2O4. The normalized spacial score (nSPS) is 17.6. The Hall–Kier alpha value is -2.41. The standard InChI is InChI=1S/C22H21Cl3N2O4/c1-13-19(26-20(28)11-30-15-5-3-14(23)4-6-15)10-22(13,2)27-21(29)12-31-16-7-8-17(24)18(25)9-16/h3-9H,10-12H2,1-2H3,(H,26,28)(H,27,29). The monoisotopic (exact) mass is 482 g/mol. The van der Waals surface area contributed by atoms with Crippen molar-refractivity contribution >= 4 is 46.6 Å². The summed E-state index contributed by atoms with van der Waals surface area (Å²) in [5, 5.41) is 7.11. The quantitative estimate of drug-likeness (QED) is 0.567. The molecule has 0 saturated heterocycles. The number of hydrogen-bond acceptors (Lipinski definition) is 4. The molecule has 1 unspecified atom stereocenters. The number of carbonyl (C=O) groups is 2. The van der Waals surface area contributed by atoms with Gasteiger partial charge < -0.3 is 20.1 Å². The highest BCUT2D eigenvalue weighted by Crippen LogP contribution is 2.36. The van der Waals surface area contributed by atoms with Crippen LogP contribution in [0.15, 0.2) is 53.7 Å². The molecule has 0 fully saturated rings. The molecule has 0 spiro atoms. The van der Waals surface area contributed by atoms with Crippen molar-refractivity contribution in [3.05, 3.63) is 68.8 Å². The van der Waals surface area contributed by atoms with Crippen LogP contribution in [-0.2, 0) is 9.59 Å². The minimum Gasteiger partial charge on any atom is -0.484 e. The van der Waals surface area contributed by atoms with Gasteiger partial charge in [-0.25, -0.2) is 0 Å². The first kappa shape index (κ1) is 23.3. The van der Waals surface area contributed by atoms with Gasteiger partial charge in [0.25, 0.3) is 11.8 Å². The molecule has 1 aliphatic rings. The Morgan fingerprint density at radius 1 is 0.935 bits per heavy atom. The second-order valence-electron chi connectivity index (χ2n) is 7.32. The number of nitrogens with one attached hydrogen (secondary N) is 2. The van der Waals surface area contributed by atoms with E-state index >= 15 is 0 Å². The zero-order valence-corrected chi connectivity index (χ0v) is 19.2. The van der Waals surface area contributed by atoms with Gasteiger partial charge in [-0.1, -0.05) is 34.8 Å². The lowest BCUT2D eigenvalue weighted by Crippen LogP contribution is -2.56. The molecule has 2 aromatic rings. The average Bonchev–Trinajstić information content (AvgIpc) is 2.73. The Balaban J connectivity index is 1.46. The molecule has 0 aliphatic heterocycles. The molecule has 0 heterocycles. The predicted octanol–water partition coefficient (Wildman–Crippen LogP) is 4.77. The number of halogens is 3. The van der Waals surface area contributed by atoms with Crippen LogP contribution in [-0.4, -0.2) is 30.6 Å². The van der Waals surface area contributed by atoms with Crippen molar-refractivity contribution in [3.63, 3.8) is 0 Å². The fraction of sp³-hybridized carbons (Fsp3) is 0.273. The van der Waals surface area contributed by atoms with Crippen molar-refractivity contribution in [3.8, 4) is 11.5 Å². The number of ether oxygens (including phenoxy) is 2. The van der Waals surface area contributed by atoms with Crippen LogP contribution in [0.4, 0.5) is 0 Å². The highest BCUT2D eigenvalue weighted by Gasteiger charge is 2.40. The summed E-state index contributed by atoms with van der Waals surface area (Å²) in [6, 6.07) is 11.5. The molecule has 9 heteroatoms. The summed E-state index contributed by atoms with van der Waals surface area (Å²) in [5.41, 5.74) is 1.07.